The minimum atomic E-state index is -3.19. The van der Waals surface area contributed by atoms with E-state index < -0.39 is 10.0 Å². The first-order valence-electron chi connectivity index (χ1n) is 7.01. The molecule has 7 heteroatoms. The largest absolute Gasteiger partial charge is 0.262 e. The Kier molecular flexibility index (Phi) is 4.22. The van der Waals surface area contributed by atoms with E-state index in [9.17, 15) is 8.42 Å². The summed E-state index contributed by atoms with van der Waals surface area (Å²) < 4.78 is 26.6. The first-order chi connectivity index (χ1) is 11.0. The Morgan fingerprint density at radius 2 is 1.87 bits per heavy atom. The summed E-state index contributed by atoms with van der Waals surface area (Å²) in [6, 6.07) is 13.4. The Labute approximate surface area is 134 Å². The van der Waals surface area contributed by atoms with Crippen LogP contribution in [0, 0.1) is 0 Å². The van der Waals surface area contributed by atoms with Crippen LogP contribution in [-0.4, -0.2) is 29.4 Å². The van der Waals surface area contributed by atoms with Crippen LogP contribution in [0.1, 0.15) is 5.56 Å². The van der Waals surface area contributed by atoms with E-state index >= 15 is 0 Å². The fourth-order valence-electron chi connectivity index (χ4n) is 2.21. The van der Waals surface area contributed by atoms with Crippen molar-refractivity contribution in [2.75, 3.05) is 6.26 Å². The molecule has 1 N–H and O–H groups in total. The Morgan fingerprint density at radius 3 is 2.52 bits per heavy atom. The molecule has 118 valence electrons. The molecule has 0 aliphatic carbocycles. The molecule has 3 rings (SSSR count). The van der Waals surface area contributed by atoms with E-state index in [0.717, 1.165) is 28.8 Å². The Balaban J connectivity index is 1.85. The van der Waals surface area contributed by atoms with Gasteiger partial charge in [-0.1, -0.05) is 24.3 Å². The minimum Gasteiger partial charge on any atom is -0.262 e. The molecule has 0 saturated carbocycles. The highest BCUT2D eigenvalue weighted by molar-refractivity contribution is 7.88. The zero-order valence-corrected chi connectivity index (χ0v) is 13.4. The monoisotopic (exact) mass is 328 g/mol. The molecule has 0 radical (unpaired) electrons. The molecule has 23 heavy (non-hydrogen) atoms. The van der Waals surface area contributed by atoms with Gasteiger partial charge in [-0.25, -0.2) is 17.8 Å². The molecule has 0 aliphatic rings. The smallest absolute Gasteiger partial charge is 0.209 e. The summed E-state index contributed by atoms with van der Waals surface area (Å²) in [7, 11) is -3.19. The fraction of sp³-hybridized carbons (Fsp3) is 0.125. The molecular weight excluding hydrogens is 312 g/mol. The van der Waals surface area contributed by atoms with Gasteiger partial charge >= 0.3 is 0 Å². The van der Waals surface area contributed by atoms with Gasteiger partial charge in [0.15, 0.2) is 0 Å². The number of rotatable bonds is 5. The van der Waals surface area contributed by atoms with Crippen LogP contribution in [-0.2, 0) is 16.6 Å². The van der Waals surface area contributed by atoms with Crippen molar-refractivity contribution in [1.82, 2.24) is 19.5 Å². The lowest BCUT2D eigenvalue weighted by Crippen LogP contribution is -2.21. The van der Waals surface area contributed by atoms with Crippen molar-refractivity contribution in [2.24, 2.45) is 0 Å². The number of hydrogen-bond donors (Lipinski definition) is 1. The van der Waals surface area contributed by atoms with Gasteiger partial charge < -0.3 is 0 Å². The van der Waals surface area contributed by atoms with E-state index in [2.05, 4.69) is 14.8 Å². The fourth-order valence-corrected chi connectivity index (χ4v) is 2.64. The summed E-state index contributed by atoms with van der Waals surface area (Å²) >= 11 is 0. The van der Waals surface area contributed by atoms with E-state index in [0.29, 0.717) is 0 Å². The molecule has 0 amide bonds. The average Bonchev–Trinajstić information content (AvgIpc) is 3.03. The molecule has 0 bridgehead atoms. The maximum Gasteiger partial charge on any atom is 0.209 e. The van der Waals surface area contributed by atoms with Crippen molar-refractivity contribution < 1.29 is 8.42 Å². The highest BCUT2D eigenvalue weighted by atomic mass is 32.2. The van der Waals surface area contributed by atoms with Gasteiger partial charge in [-0.15, -0.1) is 0 Å². The van der Waals surface area contributed by atoms with E-state index in [1.165, 1.54) is 0 Å². The molecule has 0 saturated heterocycles. The second-order valence-electron chi connectivity index (χ2n) is 5.13. The second-order valence-corrected chi connectivity index (χ2v) is 6.96. The SMILES string of the molecule is CS(=O)(=O)NCc1ccc(-c2ccnn2-c2cccnc2)cc1. The van der Waals surface area contributed by atoms with Crippen LogP contribution in [0.3, 0.4) is 0 Å². The van der Waals surface area contributed by atoms with Gasteiger partial charge in [0.2, 0.25) is 10.0 Å². The Bertz CT molecular complexity index is 887. The topological polar surface area (TPSA) is 76.9 Å². The molecule has 1 aromatic carbocycles. The second kappa shape index (κ2) is 6.31. The number of nitrogens with zero attached hydrogens (tertiary/aromatic N) is 3. The van der Waals surface area contributed by atoms with Crippen molar-refractivity contribution in [1.29, 1.82) is 0 Å². The third kappa shape index (κ3) is 3.82. The van der Waals surface area contributed by atoms with E-state index in [-0.39, 0.29) is 6.54 Å². The first kappa shape index (κ1) is 15.4. The number of pyridine rings is 1. The molecule has 6 nitrogen and oxygen atoms in total. The number of aromatic nitrogens is 3. The van der Waals surface area contributed by atoms with Gasteiger partial charge in [0.25, 0.3) is 0 Å². The summed E-state index contributed by atoms with van der Waals surface area (Å²) in [5.74, 6) is 0. The third-order valence-electron chi connectivity index (χ3n) is 3.32. The molecule has 0 spiro atoms. The quantitative estimate of drug-likeness (QED) is 0.777. The van der Waals surface area contributed by atoms with E-state index in [1.807, 2.05) is 47.1 Å². The molecule has 0 fully saturated rings. The van der Waals surface area contributed by atoms with Gasteiger partial charge in [-0.3, -0.25) is 4.98 Å². The van der Waals surface area contributed by atoms with Gasteiger partial charge in [0.1, 0.15) is 0 Å². The van der Waals surface area contributed by atoms with Crippen LogP contribution in [0.5, 0.6) is 0 Å². The lowest BCUT2D eigenvalue weighted by molar-refractivity contribution is 0.587. The van der Waals surface area contributed by atoms with Gasteiger partial charge in [-0.2, -0.15) is 5.10 Å². The summed E-state index contributed by atoms with van der Waals surface area (Å²) in [6.45, 7) is 0.279. The van der Waals surface area contributed by atoms with Crippen molar-refractivity contribution in [3.05, 3.63) is 66.6 Å². The number of sulfonamides is 1. The number of nitrogens with one attached hydrogen (secondary N) is 1. The van der Waals surface area contributed by atoms with Crippen LogP contribution in [0.4, 0.5) is 0 Å². The standard InChI is InChI=1S/C16H16N4O2S/c1-23(21,22)19-11-13-4-6-14(7-5-13)16-8-10-18-20(16)15-3-2-9-17-12-15/h2-10,12,19H,11H2,1H3. The molecule has 3 aromatic rings. The zero-order valence-electron chi connectivity index (χ0n) is 12.5. The van der Waals surface area contributed by atoms with Crippen LogP contribution in [0.25, 0.3) is 16.9 Å². The van der Waals surface area contributed by atoms with Crippen LogP contribution in [0.2, 0.25) is 0 Å². The van der Waals surface area contributed by atoms with Crippen LogP contribution < -0.4 is 4.72 Å². The maximum atomic E-state index is 11.1. The lowest BCUT2D eigenvalue weighted by Gasteiger charge is -2.08. The van der Waals surface area contributed by atoms with Crippen molar-refractivity contribution >= 4 is 10.0 Å². The normalized spacial score (nSPS) is 11.5. The highest BCUT2D eigenvalue weighted by Gasteiger charge is 2.08. The molecule has 2 heterocycles. The van der Waals surface area contributed by atoms with Gasteiger partial charge in [0.05, 0.1) is 30.0 Å². The van der Waals surface area contributed by atoms with E-state index in [1.54, 1.807) is 18.6 Å². The van der Waals surface area contributed by atoms with Crippen molar-refractivity contribution in [3.8, 4) is 16.9 Å². The number of benzene rings is 1. The third-order valence-corrected chi connectivity index (χ3v) is 3.99. The zero-order chi connectivity index (χ0) is 16.3. The van der Waals surface area contributed by atoms with Gasteiger partial charge in [-0.05, 0) is 23.8 Å². The first-order valence-corrected chi connectivity index (χ1v) is 8.90. The summed E-state index contributed by atoms with van der Waals surface area (Å²) in [4.78, 5) is 4.11. The van der Waals surface area contributed by atoms with Crippen LogP contribution in [0.15, 0.2) is 61.1 Å². The predicted molar refractivity (Wildman–Crippen MR) is 88.5 cm³/mol. The molecular formula is C16H16N4O2S. The maximum absolute atomic E-state index is 11.1. The molecule has 0 aliphatic heterocycles. The van der Waals surface area contributed by atoms with Gasteiger partial charge in [0, 0.05) is 18.3 Å². The predicted octanol–water partition coefficient (Wildman–Crippen LogP) is 1.98. The van der Waals surface area contributed by atoms with Crippen molar-refractivity contribution in [3.63, 3.8) is 0 Å². The minimum absolute atomic E-state index is 0.279. The Hall–Kier alpha value is -2.51. The molecule has 0 atom stereocenters. The average molecular weight is 328 g/mol. The summed E-state index contributed by atoms with van der Waals surface area (Å²) in [5.41, 5.74) is 3.72. The Morgan fingerprint density at radius 1 is 1.09 bits per heavy atom. The summed E-state index contributed by atoms with van der Waals surface area (Å²) in [5, 5.41) is 4.34. The highest BCUT2D eigenvalue weighted by Crippen LogP contribution is 2.22. The lowest BCUT2D eigenvalue weighted by atomic mass is 10.1. The summed E-state index contributed by atoms with van der Waals surface area (Å²) in [6.07, 6.45) is 6.35. The van der Waals surface area contributed by atoms with Crippen molar-refractivity contribution in [2.45, 2.75) is 6.54 Å². The number of hydrogen-bond acceptors (Lipinski definition) is 4. The van der Waals surface area contributed by atoms with E-state index in [4.69, 9.17) is 0 Å². The molecule has 2 aromatic heterocycles. The van der Waals surface area contributed by atoms with Crippen LogP contribution >= 0.6 is 0 Å². The molecule has 0 unspecified atom stereocenters.